The highest BCUT2D eigenvalue weighted by Crippen LogP contribution is 2.25. The molecule has 4 nitrogen and oxygen atoms in total. The van der Waals surface area contributed by atoms with E-state index >= 15 is 0 Å². The van der Waals surface area contributed by atoms with E-state index in [1.807, 2.05) is 19.1 Å². The fourth-order valence-electron chi connectivity index (χ4n) is 2.12. The summed E-state index contributed by atoms with van der Waals surface area (Å²) >= 11 is 0. The Morgan fingerprint density at radius 1 is 1.05 bits per heavy atom. The minimum absolute atomic E-state index is 0.263. The second kappa shape index (κ2) is 6.22. The number of rotatable bonds is 4. The van der Waals surface area contributed by atoms with Gasteiger partial charge < -0.3 is 9.84 Å². The van der Waals surface area contributed by atoms with E-state index in [2.05, 4.69) is 0 Å². The molecule has 0 aliphatic rings. The van der Waals surface area contributed by atoms with Gasteiger partial charge in [-0.15, -0.1) is 0 Å². The fraction of sp³-hybridized carbons (Fsp3) is 0.176. The van der Waals surface area contributed by atoms with Gasteiger partial charge in [0.15, 0.2) is 0 Å². The van der Waals surface area contributed by atoms with Crippen molar-refractivity contribution in [1.29, 1.82) is 0 Å². The van der Waals surface area contributed by atoms with Crippen molar-refractivity contribution in [2.45, 2.75) is 13.8 Å². The molecule has 0 bridgehead atoms. The van der Waals surface area contributed by atoms with E-state index in [-0.39, 0.29) is 11.5 Å². The number of carboxylic acids is 1. The molecule has 0 amide bonds. The molecule has 0 fully saturated rings. The Kier molecular flexibility index (Phi) is 4.38. The van der Waals surface area contributed by atoms with Crippen molar-refractivity contribution in [1.82, 2.24) is 0 Å². The number of aryl methyl sites for hydroxylation is 1. The largest absolute Gasteiger partial charge is 0.478 e. The zero-order valence-corrected chi connectivity index (χ0v) is 11.9. The number of benzene rings is 2. The van der Waals surface area contributed by atoms with E-state index in [0.717, 1.165) is 16.7 Å². The van der Waals surface area contributed by atoms with Crippen LogP contribution in [0.25, 0.3) is 11.1 Å². The van der Waals surface area contributed by atoms with Gasteiger partial charge in [0.05, 0.1) is 17.7 Å². The third-order valence-electron chi connectivity index (χ3n) is 3.18. The van der Waals surface area contributed by atoms with Gasteiger partial charge in [0.1, 0.15) is 0 Å². The van der Waals surface area contributed by atoms with Gasteiger partial charge in [0, 0.05) is 0 Å². The van der Waals surface area contributed by atoms with E-state index in [1.54, 1.807) is 37.3 Å². The molecule has 0 spiro atoms. The van der Waals surface area contributed by atoms with E-state index in [1.165, 1.54) is 0 Å². The first kappa shape index (κ1) is 14.8. The summed E-state index contributed by atoms with van der Waals surface area (Å²) in [7, 11) is 0. The van der Waals surface area contributed by atoms with E-state index in [0.29, 0.717) is 12.2 Å². The highest BCUT2D eigenvalue weighted by Gasteiger charge is 2.09. The minimum Gasteiger partial charge on any atom is -0.478 e. The number of esters is 1. The molecule has 0 aliphatic carbocycles. The smallest absolute Gasteiger partial charge is 0.338 e. The Morgan fingerprint density at radius 2 is 1.67 bits per heavy atom. The molecule has 0 aromatic heterocycles. The SMILES string of the molecule is CCOC(=O)c1ccc(-c2ccc(C(=O)O)cc2C)cc1. The molecule has 0 atom stereocenters. The van der Waals surface area contributed by atoms with Crippen molar-refractivity contribution in [3.05, 3.63) is 59.2 Å². The standard InChI is InChI=1S/C17H16O4/c1-3-21-17(20)13-6-4-12(5-7-13)15-9-8-14(16(18)19)10-11(15)2/h4-10H,3H2,1-2H3,(H,18,19). The molecule has 0 saturated carbocycles. The molecule has 0 radical (unpaired) electrons. The summed E-state index contributed by atoms with van der Waals surface area (Å²) in [5, 5.41) is 8.97. The van der Waals surface area contributed by atoms with Crippen LogP contribution in [0, 0.1) is 6.92 Å². The predicted octanol–water partition coefficient (Wildman–Crippen LogP) is 3.54. The van der Waals surface area contributed by atoms with Gasteiger partial charge in [0.2, 0.25) is 0 Å². The maximum absolute atomic E-state index is 11.6. The molecule has 2 aromatic rings. The highest BCUT2D eigenvalue weighted by molar-refractivity contribution is 5.91. The molecule has 4 heteroatoms. The first-order valence-electron chi connectivity index (χ1n) is 6.64. The Bertz CT molecular complexity index is 672. The van der Waals surface area contributed by atoms with Gasteiger partial charge in [-0.1, -0.05) is 18.2 Å². The summed E-state index contributed by atoms with van der Waals surface area (Å²) < 4.78 is 4.94. The summed E-state index contributed by atoms with van der Waals surface area (Å²) in [5.74, 6) is -1.29. The molecular formula is C17H16O4. The third-order valence-corrected chi connectivity index (χ3v) is 3.18. The number of carbonyl (C=O) groups excluding carboxylic acids is 1. The van der Waals surface area contributed by atoms with Crippen LogP contribution in [0.3, 0.4) is 0 Å². The van der Waals surface area contributed by atoms with Crippen molar-refractivity contribution in [2.24, 2.45) is 0 Å². The molecular weight excluding hydrogens is 268 g/mol. The zero-order chi connectivity index (χ0) is 15.4. The molecule has 21 heavy (non-hydrogen) atoms. The minimum atomic E-state index is -0.942. The second-order valence-electron chi connectivity index (χ2n) is 4.63. The van der Waals surface area contributed by atoms with Crippen molar-refractivity contribution in [2.75, 3.05) is 6.61 Å². The van der Waals surface area contributed by atoms with Crippen molar-refractivity contribution in [3.8, 4) is 11.1 Å². The maximum Gasteiger partial charge on any atom is 0.338 e. The van der Waals surface area contributed by atoms with Crippen LogP contribution in [0.4, 0.5) is 0 Å². The Balaban J connectivity index is 2.31. The van der Waals surface area contributed by atoms with Crippen molar-refractivity contribution < 1.29 is 19.4 Å². The van der Waals surface area contributed by atoms with Crippen LogP contribution in [-0.4, -0.2) is 23.7 Å². The molecule has 2 aromatic carbocycles. The first-order chi connectivity index (χ1) is 10.0. The summed E-state index contributed by atoms with van der Waals surface area (Å²) in [6, 6.07) is 12.1. The Labute approximate surface area is 123 Å². The zero-order valence-electron chi connectivity index (χ0n) is 11.9. The van der Waals surface area contributed by atoms with Gasteiger partial charge in [-0.2, -0.15) is 0 Å². The van der Waals surface area contributed by atoms with E-state index < -0.39 is 5.97 Å². The van der Waals surface area contributed by atoms with Crippen LogP contribution in [0.2, 0.25) is 0 Å². The highest BCUT2D eigenvalue weighted by atomic mass is 16.5. The van der Waals surface area contributed by atoms with Gasteiger partial charge in [-0.25, -0.2) is 9.59 Å². The normalized spacial score (nSPS) is 10.2. The average Bonchev–Trinajstić information content (AvgIpc) is 2.47. The molecule has 1 N–H and O–H groups in total. The van der Waals surface area contributed by atoms with Crippen molar-refractivity contribution in [3.63, 3.8) is 0 Å². The van der Waals surface area contributed by atoms with Crippen LogP contribution in [0.1, 0.15) is 33.2 Å². The lowest BCUT2D eigenvalue weighted by Gasteiger charge is -2.08. The average molecular weight is 284 g/mol. The van der Waals surface area contributed by atoms with Crippen LogP contribution in [-0.2, 0) is 4.74 Å². The third kappa shape index (κ3) is 3.28. The quantitative estimate of drug-likeness (QED) is 0.872. The van der Waals surface area contributed by atoms with Gasteiger partial charge in [-0.05, 0) is 54.8 Å². The lowest BCUT2D eigenvalue weighted by molar-refractivity contribution is 0.0526. The molecule has 0 aliphatic heterocycles. The molecule has 2 rings (SSSR count). The summed E-state index contributed by atoms with van der Waals surface area (Å²) in [6.45, 7) is 3.97. The van der Waals surface area contributed by atoms with Crippen LogP contribution < -0.4 is 0 Å². The number of carboxylic acid groups (broad SMARTS) is 1. The fourth-order valence-corrected chi connectivity index (χ4v) is 2.12. The number of hydrogen-bond acceptors (Lipinski definition) is 3. The molecule has 0 saturated heterocycles. The maximum atomic E-state index is 11.6. The Morgan fingerprint density at radius 3 is 2.19 bits per heavy atom. The number of hydrogen-bond donors (Lipinski definition) is 1. The monoisotopic (exact) mass is 284 g/mol. The summed E-state index contributed by atoms with van der Waals surface area (Å²) in [6.07, 6.45) is 0. The lowest BCUT2D eigenvalue weighted by atomic mass is 9.97. The second-order valence-corrected chi connectivity index (χ2v) is 4.63. The summed E-state index contributed by atoms with van der Waals surface area (Å²) in [5.41, 5.74) is 3.51. The van der Waals surface area contributed by atoms with Crippen molar-refractivity contribution >= 4 is 11.9 Å². The number of ether oxygens (including phenoxy) is 1. The topological polar surface area (TPSA) is 63.6 Å². The lowest BCUT2D eigenvalue weighted by Crippen LogP contribution is -2.04. The molecule has 0 heterocycles. The predicted molar refractivity (Wildman–Crippen MR) is 79.5 cm³/mol. The van der Waals surface area contributed by atoms with Gasteiger partial charge in [-0.3, -0.25) is 0 Å². The first-order valence-corrected chi connectivity index (χ1v) is 6.64. The van der Waals surface area contributed by atoms with Crippen LogP contribution in [0.15, 0.2) is 42.5 Å². The number of aromatic carboxylic acids is 1. The Hall–Kier alpha value is -2.62. The summed E-state index contributed by atoms with van der Waals surface area (Å²) in [4.78, 5) is 22.5. The van der Waals surface area contributed by atoms with Gasteiger partial charge in [0.25, 0.3) is 0 Å². The van der Waals surface area contributed by atoms with Crippen LogP contribution in [0.5, 0.6) is 0 Å². The number of carbonyl (C=O) groups is 2. The van der Waals surface area contributed by atoms with E-state index in [4.69, 9.17) is 9.84 Å². The molecule has 0 unspecified atom stereocenters. The van der Waals surface area contributed by atoms with Crippen LogP contribution >= 0.6 is 0 Å². The van der Waals surface area contributed by atoms with Gasteiger partial charge >= 0.3 is 11.9 Å². The van der Waals surface area contributed by atoms with E-state index in [9.17, 15) is 9.59 Å². The molecule has 108 valence electrons.